The van der Waals surface area contributed by atoms with E-state index in [0.717, 1.165) is 6.42 Å². The molecule has 23 heavy (non-hydrogen) atoms. The van der Waals surface area contributed by atoms with E-state index in [2.05, 4.69) is 15.3 Å². The third-order valence-corrected chi connectivity index (χ3v) is 3.59. The molecule has 0 fully saturated rings. The highest BCUT2D eigenvalue weighted by molar-refractivity contribution is 5.98. The number of hydrogen-bond donors (Lipinski definition) is 2. The average Bonchev–Trinajstić information content (AvgIpc) is 2.53. The second kappa shape index (κ2) is 9.01. The quantitative estimate of drug-likeness (QED) is 0.252. The van der Waals surface area contributed by atoms with Crippen molar-refractivity contribution < 1.29 is 9.90 Å². The molecule has 124 valence electrons. The molecule has 0 radical (unpaired) electrons. The fourth-order valence-corrected chi connectivity index (χ4v) is 1.99. The Hall–Kier alpha value is -2.26. The number of aliphatic hydroxyl groups is 1. The molecule has 1 aromatic heterocycles. The van der Waals surface area contributed by atoms with Crippen LogP contribution in [-0.2, 0) is 6.42 Å². The van der Waals surface area contributed by atoms with Gasteiger partial charge in [0.2, 0.25) is 0 Å². The van der Waals surface area contributed by atoms with Crippen LogP contribution in [0.25, 0.3) is 0 Å². The summed E-state index contributed by atoms with van der Waals surface area (Å²) < 4.78 is 0. The molecule has 1 heterocycles. The van der Waals surface area contributed by atoms with E-state index in [9.17, 15) is 4.79 Å². The van der Waals surface area contributed by atoms with Crippen molar-refractivity contribution in [1.82, 2.24) is 10.3 Å². The normalized spacial score (nSPS) is 11.9. The van der Waals surface area contributed by atoms with Gasteiger partial charge in [0.15, 0.2) is 12.0 Å². The first-order chi connectivity index (χ1) is 10.9. The van der Waals surface area contributed by atoms with Crippen LogP contribution in [0.2, 0.25) is 0 Å². The SMILES string of the molecule is CCC(C)(C)N=C(Cc1ncccc1C(=O)CCCO)NC#N. The zero-order valence-corrected chi connectivity index (χ0v) is 14.0. The summed E-state index contributed by atoms with van der Waals surface area (Å²) in [5.74, 6) is 0.433. The van der Waals surface area contributed by atoms with Crippen LogP contribution in [0.4, 0.5) is 0 Å². The van der Waals surface area contributed by atoms with Crippen LogP contribution in [-0.4, -0.2) is 33.9 Å². The predicted molar refractivity (Wildman–Crippen MR) is 89.1 cm³/mol. The first kappa shape index (κ1) is 18.8. The molecule has 0 aromatic carbocycles. The van der Waals surface area contributed by atoms with Crippen LogP contribution >= 0.6 is 0 Å². The topological polar surface area (TPSA) is 98.4 Å². The lowest BCUT2D eigenvalue weighted by atomic mass is 10.0. The van der Waals surface area contributed by atoms with Crippen molar-refractivity contribution in [3.05, 3.63) is 29.6 Å². The first-order valence-electron chi connectivity index (χ1n) is 7.75. The molecule has 0 saturated carbocycles. The lowest BCUT2D eigenvalue weighted by Crippen LogP contribution is -2.28. The Morgan fingerprint density at radius 1 is 1.52 bits per heavy atom. The zero-order chi connectivity index (χ0) is 17.3. The van der Waals surface area contributed by atoms with Gasteiger partial charge < -0.3 is 5.11 Å². The second-order valence-corrected chi connectivity index (χ2v) is 5.89. The maximum absolute atomic E-state index is 12.2. The number of ketones is 1. The second-order valence-electron chi connectivity index (χ2n) is 5.89. The van der Waals surface area contributed by atoms with Crippen molar-refractivity contribution in [2.45, 2.75) is 52.0 Å². The van der Waals surface area contributed by atoms with Crippen molar-refractivity contribution in [1.29, 1.82) is 5.26 Å². The van der Waals surface area contributed by atoms with Gasteiger partial charge in [0, 0.05) is 31.2 Å². The van der Waals surface area contributed by atoms with Crippen molar-refractivity contribution in [2.24, 2.45) is 4.99 Å². The van der Waals surface area contributed by atoms with Gasteiger partial charge in [0.25, 0.3) is 0 Å². The summed E-state index contributed by atoms with van der Waals surface area (Å²) in [7, 11) is 0. The summed E-state index contributed by atoms with van der Waals surface area (Å²) >= 11 is 0. The zero-order valence-electron chi connectivity index (χ0n) is 14.0. The van der Waals surface area contributed by atoms with Gasteiger partial charge in [-0.3, -0.25) is 20.1 Å². The van der Waals surface area contributed by atoms with Crippen LogP contribution in [0.15, 0.2) is 23.3 Å². The first-order valence-corrected chi connectivity index (χ1v) is 7.75. The van der Waals surface area contributed by atoms with E-state index in [1.165, 1.54) is 0 Å². The molecule has 0 aliphatic rings. The fourth-order valence-electron chi connectivity index (χ4n) is 1.99. The largest absolute Gasteiger partial charge is 0.396 e. The standard InChI is InChI=1S/C17H24N4O2/c1-4-17(2,3)21-16(20-12-18)11-14-13(7-5-9-19-14)15(23)8-6-10-22/h5,7,9,22H,4,6,8,10-11H2,1-3H3,(H,20,21). The molecule has 2 N–H and O–H groups in total. The van der Waals surface area contributed by atoms with Crippen LogP contribution in [0.5, 0.6) is 0 Å². The Bertz CT molecular complexity index is 603. The summed E-state index contributed by atoms with van der Waals surface area (Å²) in [6.45, 7) is 5.97. The van der Waals surface area contributed by atoms with E-state index in [-0.39, 0.29) is 30.8 Å². The molecule has 6 nitrogen and oxygen atoms in total. The lowest BCUT2D eigenvalue weighted by molar-refractivity contribution is 0.0970. The number of amidine groups is 1. The number of aliphatic imine (C=N–C) groups is 1. The number of hydrogen-bond acceptors (Lipinski definition) is 5. The van der Waals surface area contributed by atoms with E-state index >= 15 is 0 Å². The van der Waals surface area contributed by atoms with Crippen molar-refractivity contribution in [2.75, 3.05) is 6.61 Å². The van der Waals surface area contributed by atoms with Crippen molar-refractivity contribution in [3.8, 4) is 6.19 Å². The Morgan fingerprint density at radius 2 is 2.26 bits per heavy atom. The molecule has 1 aromatic rings. The van der Waals surface area contributed by atoms with Gasteiger partial charge in [0.05, 0.1) is 11.2 Å². The van der Waals surface area contributed by atoms with Crippen LogP contribution in [0.3, 0.4) is 0 Å². The number of carbonyl (C=O) groups excluding carboxylic acids is 1. The highest BCUT2D eigenvalue weighted by Gasteiger charge is 2.18. The van der Waals surface area contributed by atoms with Crippen molar-refractivity contribution in [3.63, 3.8) is 0 Å². The average molecular weight is 316 g/mol. The summed E-state index contributed by atoms with van der Waals surface area (Å²) in [6.07, 6.45) is 5.32. The molecule has 0 bridgehead atoms. The number of aliphatic hydroxyl groups excluding tert-OH is 1. The molecular weight excluding hydrogens is 292 g/mol. The number of nitrogens with one attached hydrogen (secondary N) is 1. The third kappa shape index (κ3) is 6.17. The number of pyridine rings is 1. The molecule has 0 amide bonds. The Kier molecular flexibility index (Phi) is 7.36. The van der Waals surface area contributed by atoms with Gasteiger partial charge in [-0.25, -0.2) is 0 Å². The minimum absolute atomic E-state index is 0.0191. The molecule has 0 aliphatic carbocycles. The summed E-state index contributed by atoms with van der Waals surface area (Å²) in [5, 5.41) is 20.4. The number of carbonyl (C=O) groups is 1. The summed E-state index contributed by atoms with van der Waals surface area (Å²) in [6, 6.07) is 3.43. The predicted octanol–water partition coefficient (Wildman–Crippen LogP) is 2.24. The Labute approximate surface area is 137 Å². The molecule has 6 heteroatoms. The number of nitriles is 1. The van der Waals surface area contributed by atoms with Gasteiger partial charge in [-0.05, 0) is 38.8 Å². The molecule has 0 unspecified atom stereocenters. The number of rotatable bonds is 8. The summed E-state index contributed by atoms with van der Waals surface area (Å²) in [5.41, 5.74) is 0.807. The maximum Gasteiger partial charge on any atom is 0.182 e. The Balaban J connectivity index is 3.06. The van der Waals surface area contributed by atoms with E-state index in [1.807, 2.05) is 27.0 Å². The number of Topliss-reactive ketones (excluding diaryl/α,β-unsaturated/α-hetero) is 1. The van der Waals surface area contributed by atoms with Crippen molar-refractivity contribution >= 4 is 11.6 Å². The van der Waals surface area contributed by atoms with Crippen LogP contribution in [0.1, 0.15) is 56.1 Å². The van der Waals surface area contributed by atoms with E-state index in [1.54, 1.807) is 18.3 Å². The highest BCUT2D eigenvalue weighted by Crippen LogP contribution is 2.16. The molecule has 0 atom stereocenters. The fraction of sp³-hybridized carbons (Fsp3) is 0.529. The lowest BCUT2D eigenvalue weighted by Gasteiger charge is -2.19. The number of aromatic nitrogens is 1. The Morgan fingerprint density at radius 3 is 2.87 bits per heavy atom. The molecule has 1 rings (SSSR count). The van der Waals surface area contributed by atoms with E-state index < -0.39 is 0 Å². The van der Waals surface area contributed by atoms with Crippen LogP contribution < -0.4 is 5.32 Å². The minimum Gasteiger partial charge on any atom is -0.396 e. The monoisotopic (exact) mass is 316 g/mol. The molecular formula is C17H24N4O2. The molecule has 0 aliphatic heterocycles. The van der Waals surface area contributed by atoms with E-state index in [4.69, 9.17) is 10.4 Å². The number of nitrogens with zero attached hydrogens (tertiary/aromatic N) is 3. The van der Waals surface area contributed by atoms with E-state index in [0.29, 0.717) is 23.5 Å². The van der Waals surface area contributed by atoms with Gasteiger partial charge in [0.1, 0.15) is 5.84 Å². The van der Waals surface area contributed by atoms with Gasteiger partial charge in [-0.15, -0.1) is 0 Å². The summed E-state index contributed by atoms with van der Waals surface area (Å²) in [4.78, 5) is 21.1. The smallest absolute Gasteiger partial charge is 0.182 e. The highest BCUT2D eigenvalue weighted by atomic mass is 16.3. The van der Waals surface area contributed by atoms with Crippen LogP contribution in [0, 0.1) is 11.5 Å². The minimum atomic E-state index is -0.297. The third-order valence-electron chi connectivity index (χ3n) is 3.59. The molecule has 0 spiro atoms. The van der Waals surface area contributed by atoms with Gasteiger partial charge >= 0.3 is 0 Å². The molecule has 0 saturated heterocycles. The van der Waals surface area contributed by atoms with Gasteiger partial charge in [-0.1, -0.05) is 6.92 Å². The maximum atomic E-state index is 12.2. The van der Waals surface area contributed by atoms with Gasteiger partial charge in [-0.2, -0.15) is 5.26 Å².